The zero-order valence-corrected chi connectivity index (χ0v) is 28.0. The fourth-order valence-electron chi connectivity index (χ4n) is 3.91. The van der Waals surface area contributed by atoms with Crippen molar-refractivity contribution < 1.29 is 24.3 Å². The Bertz CT molecular complexity index is 772. The Labute approximate surface area is 249 Å². The van der Waals surface area contributed by atoms with E-state index in [4.69, 9.17) is 5.11 Å². The lowest BCUT2D eigenvalue weighted by Gasteiger charge is -2.39. The van der Waals surface area contributed by atoms with Crippen molar-refractivity contribution in [2.24, 2.45) is 0 Å². The van der Waals surface area contributed by atoms with Crippen LogP contribution in [0.5, 0.6) is 0 Å². The van der Waals surface area contributed by atoms with Crippen LogP contribution in [0.15, 0.2) is 26.8 Å². The van der Waals surface area contributed by atoms with Gasteiger partial charge in [-0.05, 0) is 38.2 Å². The predicted octanol–water partition coefficient (Wildman–Crippen LogP) is 7.98. The predicted molar refractivity (Wildman–Crippen MR) is 170 cm³/mol. The van der Waals surface area contributed by atoms with E-state index in [1.807, 2.05) is 12.5 Å². The van der Waals surface area contributed by atoms with Crippen LogP contribution in [0.2, 0.25) is 0 Å². The van der Waals surface area contributed by atoms with Gasteiger partial charge in [0.25, 0.3) is 0 Å². The lowest BCUT2D eigenvalue weighted by molar-refractivity contribution is -0.929. The average Bonchev–Trinajstić information content (AvgIpc) is 3.53. The molecule has 2 aliphatic rings. The molecule has 0 fully saturated rings. The molecule has 2 rings (SSSR count). The van der Waals surface area contributed by atoms with Crippen LogP contribution in [0.25, 0.3) is 0 Å². The van der Waals surface area contributed by atoms with Gasteiger partial charge in [-0.2, -0.15) is 0 Å². The molecule has 1 N–H and O–H groups in total. The largest absolute Gasteiger partial charge is 0.544 e. The zero-order chi connectivity index (χ0) is 27.8. The first-order chi connectivity index (χ1) is 17.7. The van der Waals surface area contributed by atoms with Crippen LogP contribution in [0.3, 0.4) is 0 Å². The van der Waals surface area contributed by atoms with Gasteiger partial charge in [-0.1, -0.05) is 100 Å². The maximum absolute atomic E-state index is 11.1. The van der Waals surface area contributed by atoms with Gasteiger partial charge in [0.1, 0.15) is 4.91 Å². The number of nitrogens with zero attached hydrogens (tertiary/aromatic N) is 1. The molecule has 5 nitrogen and oxygen atoms in total. The molecule has 0 atom stereocenters. The topological polar surface area (TPSA) is 77.4 Å². The molecule has 37 heavy (non-hydrogen) atoms. The Morgan fingerprint density at radius 3 is 1.32 bits per heavy atom. The van der Waals surface area contributed by atoms with Crippen molar-refractivity contribution in [3.8, 4) is 0 Å². The van der Waals surface area contributed by atoms with Crippen LogP contribution in [-0.4, -0.2) is 60.2 Å². The first-order valence-corrected chi connectivity index (χ1v) is 18.8. The quantitative estimate of drug-likeness (QED) is 0.171. The smallest absolute Gasteiger partial charge is 0.343 e. The third-order valence-corrected chi connectivity index (χ3v) is 14.3. The number of hydrogen-bond acceptors (Lipinski definition) is 9. The molecule has 2 aliphatic heterocycles. The maximum atomic E-state index is 11.1. The van der Waals surface area contributed by atoms with Gasteiger partial charge >= 0.3 is 5.97 Å². The van der Waals surface area contributed by atoms with Crippen LogP contribution < -0.4 is 5.11 Å². The van der Waals surface area contributed by atoms with Crippen LogP contribution in [0.4, 0.5) is 0 Å². The Kier molecular flexibility index (Phi) is 18.4. The molecule has 0 saturated carbocycles. The van der Waals surface area contributed by atoms with E-state index in [1.165, 1.54) is 82.0 Å². The minimum absolute atomic E-state index is 0.165. The van der Waals surface area contributed by atoms with Gasteiger partial charge in [-0.3, -0.25) is 0 Å². The summed E-state index contributed by atoms with van der Waals surface area (Å²) >= 11 is 8.34. The highest BCUT2D eigenvalue weighted by Crippen LogP contribution is 2.63. The molecule has 0 aromatic heterocycles. The summed E-state index contributed by atoms with van der Waals surface area (Å²) in [6.45, 7) is 15.0. The maximum Gasteiger partial charge on any atom is 0.343 e. The highest BCUT2D eigenvalue weighted by molar-refractivity contribution is 8.42. The van der Waals surface area contributed by atoms with Gasteiger partial charge < -0.3 is 19.5 Å². The summed E-state index contributed by atoms with van der Waals surface area (Å²) in [5.74, 6) is -2.67. The molecule has 0 spiro atoms. The van der Waals surface area contributed by atoms with Crippen LogP contribution in [-0.2, 0) is 9.59 Å². The van der Waals surface area contributed by atoms with Crippen molar-refractivity contribution in [3.05, 3.63) is 26.8 Å². The second-order valence-electron chi connectivity index (χ2n) is 8.87. The number of aliphatic carboxylic acids is 2. The SMILES string of the molecule is CCCC[N+](CCCC)(CCCC)CCCC.CSC1=C(SC)SC(=C2SC(C(=O)[O-])=C(C(=O)O)S2)S1. The fraction of sp³-hybridized carbons (Fsp3) is 0.692. The summed E-state index contributed by atoms with van der Waals surface area (Å²) in [6, 6.07) is 0. The van der Waals surface area contributed by atoms with Crippen molar-refractivity contribution >= 4 is 82.5 Å². The number of carboxylic acids is 2. The standard InChI is InChI=1S/C16H36N.C10H8O4S6/c1-5-9-13-17(14-10-6-2,15-11-7-3)16-12-8-4;1-15-7-8(16-2)20-10(19-7)9-17-3(5(11)12)4(18-9)6(13)14/h5-16H2,1-4H3;1-2H3,(H,11,12)(H,13,14)/q+1;/p-1. The molecule has 2 heterocycles. The Balaban J connectivity index is 0.000000377. The lowest BCUT2D eigenvalue weighted by atomic mass is 10.1. The van der Waals surface area contributed by atoms with Gasteiger partial charge in [-0.25, -0.2) is 4.79 Å². The van der Waals surface area contributed by atoms with Crippen molar-refractivity contribution in [1.29, 1.82) is 0 Å². The van der Waals surface area contributed by atoms with Gasteiger partial charge in [0.2, 0.25) is 0 Å². The minimum Gasteiger partial charge on any atom is -0.544 e. The summed E-state index contributed by atoms with van der Waals surface area (Å²) in [4.78, 5) is 21.7. The summed E-state index contributed by atoms with van der Waals surface area (Å²) in [5.41, 5.74) is 0. The number of carboxylic acid groups (broad SMARTS) is 2. The van der Waals surface area contributed by atoms with Gasteiger partial charge in [-0.15, -0.1) is 23.5 Å². The number of quaternary nitrogens is 1. The molecule has 0 amide bonds. The second-order valence-corrected chi connectivity index (χ2v) is 15.6. The molecule has 0 radical (unpaired) electrons. The van der Waals surface area contributed by atoms with E-state index in [0.717, 1.165) is 36.2 Å². The van der Waals surface area contributed by atoms with Crippen LogP contribution >= 0.6 is 70.6 Å². The van der Waals surface area contributed by atoms with Crippen molar-refractivity contribution in [2.45, 2.75) is 79.1 Å². The molecule has 0 aromatic rings. The Morgan fingerprint density at radius 2 is 1.05 bits per heavy atom. The molecule has 0 bridgehead atoms. The number of carbonyl (C=O) groups excluding carboxylic acids is 1. The lowest BCUT2D eigenvalue weighted by Crippen LogP contribution is -2.50. The number of thioether (sulfide) groups is 6. The van der Waals surface area contributed by atoms with Crippen molar-refractivity contribution in [1.82, 2.24) is 0 Å². The number of unbranched alkanes of at least 4 members (excludes halogenated alkanes) is 4. The van der Waals surface area contributed by atoms with E-state index in [0.29, 0.717) is 4.24 Å². The van der Waals surface area contributed by atoms with Gasteiger partial charge in [0.05, 0.1) is 54.0 Å². The van der Waals surface area contributed by atoms with E-state index in [2.05, 4.69) is 27.7 Å². The molecular formula is C26H43NO4S6. The van der Waals surface area contributed by atoms with E-state index < -0.39 is 11.9 Å². The van der Waals surface area contributed by atoms with E-state index >= 15 is 0 Å². The van der Waals surface area contributed by atoms with Gasteiger partial charge in [0, 0.05) is 0 Å². The fourth-order valence-corrected chi connectivity index (χ4v) is 11.5. The third kappa shape index (κ3) is 11.7. The average molecular weight is 626 g/mol. The summed E-state index contributed by atoms with van der Waals surface area (Å²) in [6.07, 6.45) is 15.0. The minimum atomic E-state index is -1.44. The van der Waals surface area contributed by atoms with Crippen molar-refractivity contribution in [3.63, 3.8) is 0 Å². The Morgan fingerprint density at radius 1 is 0.703 bits per heavy atom. The number of rotatable bonds is 16. The monoisotopic (exact) mass is 625 g/mol. The molecule has 0 aliphatic carbocycles. The van der Waals surface area contributed by atoms with Crippen LogP contribution in [0, 0.1) is 0 Å². The van der Waals surface area contributed by atoms with E-state index in [1.54, 1.807) is 47.0 Å². The normalized spacial score (nSPS) is 15.9. The molecule has 0 saturated heterocycles. The molecule has 0 aromatic carbocycles. The summed E-state index contributed by atoms with van der Waals surface area (Å²) in [5, 5.41) is 20.0. The van der Waals surface area contributed by atoms with Crippen LogP contribution in [0.1, 0.15) is 79.1 Å². The van der Waals surface area contributed by atoms with E-state index in [-0.39, 0.29) is 9.81 Å². The number of carbonyl (C=O) groups is 2. The summed E-state index contributed by atoms with van der Waals surface area (Å²) < 4.78 is 5.37. The van der Waals surface area contributed by atoms with Crippen molar-refractivity contribution in [2.75, 3.05) is 38.7 Å². The summed E-state index contributed by atoms with van der Waals surface area (Å²) in [7, 11) is 0. The zero-order valence-electron chi connectivity index (χ0n) is 23.1. The molecular weight excluding hydrogens is 583 g/mol. The Hall–Kier alpha value is 0.220. The number of hydrogen-bond donors (Lipinski definition) is 1. The van der Waals surface area contributed by atoms with E-state index in [9.17, 15) is 14.7 Å². The molecule has 11 heteroatoms. The second kappa shape index (κ2) is 19.3. The molecule has 212 valence electrons. The highest BCUT2D eigenvalue weighted by atomic mass is 32.3. The first-order valence-electron chi connectivity index (χ1n) is 13.0. The van der Waals surface area contributed by atoms with Gasteiger partial charge in [0.15, 0.2) is 0 Å². The first kappa shape index (κ1) is 35.2. The highest BCUT2D eigenvalue weighted by Gasteiger charge is 2.32. The molecule has 0 unspecified atom stereocenters. The third-order valence-electron chi connectivity index (χ3n) is 5.99.